The Bertz CT molecular complexity index is 549. The molecule has 1 amide bonds. The summed E-state index contributed by atoms with van der Waals surface area (Å²) < 4.78 is 11.6. The molecule has 1 aliphatic carbocycles. The largest absolute Gasteiger partial charge is 0.468 e. The Hall–Kier alpha value is -1.37. The second-order valence-electron chi connectivity index (χ2n) is 7.22. The van der Waals surface area contributed by atoms with Crippen LogP contribution in [0.4, 0.5) is 0 Å². The maximum Gasteiger partial charge on any atom is 0.239 e. The van der Waals surface area contributed by atoms with Gasteiger partial charge in [-0.3, -0.25) is 14.6 Å². The SMILES string of the molecule is CNC(=O)[C@H]1COC2(CN(Cc3ccco3)C2)CN1CC1CC1. The molecular weight excluding hydrogens is 294 g/mol. The number of ether oxygens (including phenoxy) is 1. The van der Waals surface area contributed by atoms with Crippen LogP contribution in [0.25, 0.3) is 0 Å². The van der Waals surface area contributed by atoms with E-state index in [1.165, 1.54) is 12.8 Å². The minimum atomic E-state index is -0.134. The molecule has 6 nitrogen and oxygen atoms in total. The van der Waals surface area contributed by atoms with Crippen LogP contribution in [0.1, 0.15) is 18.6 Å². The fraction of sp³-hybridized carbons (Fsp3) is 0.706. The summed E-state index contributed by atoms with van der Waals surface area (Å²) in [6, 6.07) is 3.80. The summed E-state index contributed by atoms with van der Waals surface area (Å²) in [5.74, 6) is 1.85. The number of hydrogen-bond donors (Lipinski definition) is 1. The van der Waals surface area contributed by atoms with Crippen LogP contribution < -0.4 is 5.32 Å². The van der Waals surface area contributed by atoms with Gasteiger partial charge in [0.05, 0.1) is 19.4 Å². The van der Waals surface area contributed by atoms with Crippen LogP contribution in [0.3, 0.4) is 0 Å². The summed E-state index contributed by atoms with van der Waals surface area (Å²) in [5.41, 5.74) is -0.105. The quantitative estimate of drug-likeness (QED) is 0.865. The monoisotopic (exact) mass is 319 g/mol. The molecule has 1 saturated carbocycles. The van der Waals surface area contributed by atoms with E-state index < -0.39 is 0 Å². The fourth-order valence-electron chi connectivity index (χ4n) is 3.81. The lowest BCUT2D eigenvalue weighted by atomic mass is 9.90. The molecule has 3 fully saturated rings. The zero-order chi connectivity index (χ0) is 15.9. The topological polar surface area (TPSA) is 58.0 Å². The highest BCUT2D eigenvalue weighted by atomic mass is 16.5. The predicted molar refractivity (Wildman–Crippen MR) is 84.8 cm³/mol. The number of likely N-dealkylation sites (tertiary alicyclic amines) is 1. The number of furan rings is 1. The number of carbonyl (C=O) groups is 1. The van der Waals surface area contributed by atoms with Gasteiger partial charge in [-0.2, -0.15) is 0 Å². The van der Waals surface area contributed by atoms with Gasteiger partial charge in [0.2, 0.25) is 5.91 Å². The molecule has 3 aliphatic rings. The first-order valence-corrected chi connectivity index (χ1v) is 8.52. The van der Waals surface area contributed by atoms with Crippen molar-refractivity contribution >= 4 is 5.91 Å². The minimum Gasteiger partial charge on any atom is -0.468 e. The van der Waals surface area contributed by atoms with Gasteiger partial charge in [-0.1, -0.05) is 0 Å². The second kappa shape index (κ2) is 5.92. The second-order valence-corrected chi connectivity index (χ2v) is 7.22. The molecule has 1 N–H and O–H groups in total. The van der Waals surface area contributed by atoms with Crippen LogP contribution >= 0.6 is 0 Å². The lowest BCUT2D eigenvalue weighted by Gasteiger charge is -2.55. The summed E-state index contributed by atoms with van der Waals surface area (Å²) in [6.45, 7) is 5.04. The maximum absolute atomic E-state index is 12.1. The van der Waals surface area contributed by atoms with E-state index in [0.717, 1.165) is 44.4 Å². The van der Waals surface area contributed by atoms with Crippen LogP contribution in [0.2, 0.25) is 0 Å². The van der Waals surface area contributed by atoms with Crippen molar-refractivity contribution in [3.8, 4) is 0 Å². The van der Waals surface area contributed by atoms with E-state index in [2.05, 4.69) is 15.1 Å². The van der Waals surface area contributed by atoms with Gasteiger partial charge >= 0.3 is 0 Å². The molecule has 3 heterocycles. The number of hydrogen-bond acceptors (Lipinski definition) is 5. The molecule has 126 valence electrons. The zero-order valence-electron chi connectivity index (χ0n) is 13.7. The molecule has 1 aromatic rings. The number of likely N-dealkylation sites (N-methyl/N-ethyl adjacent to an activating group) is 1. The number of rotatable bonds is 5. The van der Waals surface area contributed by atoms with E-state index in [1.807, 2.05) is 12.1 Å². The molecule has 1 atom stereocenters. The molecule has 1 spiro atoms. The van der Waals surface area contributed by atoms with Gasteiger partial charge in [0, 0.05) is 33.2 Å². The highest BCUT2D eigenvalue weighted by Gasteiger charge is 2.51. The van der Waals surface area contributed by atoms with E-state index in [4.69, 9.17) is 9.15 Å². The Kier molecular flexibility index (Phi) is 3.91. The predicted octanol–water partition coefficient (Wildman–Crippen LogP) is 0.691. The minimum absolute atomic E-state index is 0.0762. The van der Waals surface area contributed by atoms with Gasteiger partial charge in [-0.15, -0.1) is 0 Å². The van der Waals surface area contributed by atoms with Crippen LogP contribution in [0.5, 0.6) is 0 Å². The first-order valence-electron chi connectivity index (χ1n) is 8.52. The number of carbonyl (C=O) groups excluding carboxylic acids is 1. The molecule has 23 heavy (non-hydrogen) atoms. The average Bonchev–Trinajstić information content (AvgIpc) is 3.18. The van der Waals surface area contributed by atoms with Gasteiger partial charge in [0.15, 0.2) is 0 Å². The van der Waals surface area contributed by atoms with E-state index in [1.54, 1.807) is 13.3 Å². The van der Waals surface area contributed by atoms with Crippen molar-refractivity contribution in [3.63, 3.8) is 0 Å². The van der Waals surface area contributed by atoms with Crippen molar-refractivity contribution in [1.29, 1.82) is 0 Å². The maximum atomic E-state index is 12.1. The number of nitrogens with one attached hydrogen (secondary N) is 1. The normalized spacial score (nSPS) is 27.8. The first-order chi connectivity index (χ1) is 11.2. The third-order valence-corrected chi connectivity index (χ3v) is 5.20. The van der Waals surface area contributed by atoms with Crippen molar-refractivity contribution in [2.45, 2.75) is 31.0 Å². The van der Waals surface area contributed by atoms with Gasteiger partial charge in [0.1, 0.15) is 17.4 Å². The summed E-state index contributed by atoms with van der Waals surface area (Å²) in [6.07, 6.45) is 4.32. The van der Waals surface area contributed by atoms with E-state index in [0.29, 0.717) is 6.61 Å². The molecule has 2 aliphatic heterocycles. The summed E-state index contributed by atoms with van der Waals surface area (Å²) in [5, 5.41) is 2.78. The molecule has 0 unspecified atom stereocenters. The lowest BCUT2D eigenvalue weighted by molar-refractivity contribution is -0.203. The van der Waals surface area contributed by atoms with Crippen LogP contribution in [0.15, 0.2) is 22.8 Å². The molecule has 0 aromatic carbocycles. The Morgan fingerprint density at radius 3 is 2.87 bits per heavy atom. The molecular formula is C17H25N3O3. The average molecular weight is 319 g/mol. The van der Waals surface area contributed by atoms with Crippen molar-refractivity contribution in [3.05, 3.63) is 24.2 Å². The molecule has 4 rings (SSSR count). The van der Waals surface area contributed by atoms with Crippen molar-refractivity contribution in [1.82, 2.24) is 15.1 Å². The molecule has 2 saturated heterocycles. The highest BCUT2D eigenvalue weighted by Crippen LogP contribution is 2.36. The Morgan fingerprint density at radius 1 is 1.39 bits per heavy atom. The molecule has 0 radical (unpaired) electrons. The van der Waals surface area contributed by atoms with Crippen LogP contribution in [-0.2, 0) is 16.1 Å². The molecule has 1 aromatic heterocycles. The van der Waals surface area contributed by atoms with Gasteiger partial charge in [-0.25, -0.2) is 0 Å². The van der Waals surface area contributed by atoms with E-state index >= 15 is 0 Å². The van der Waals surface area contributed by atoms with Gasteiger partial charge in [0.25, 0.3) is 0 Å². The summed E-state index contributed by atoms with van der Waals surface area (Å²) in [4.78, 5) is 16.8. The van der Waals surface area contributed by atoms with Crippen LogP contribution in [-0.4, -0.2) is 67.2 Å². The third kappa shape index (κ3) is 3.16. The van der Waals surface area contributed by atoms with Crippen molar-refractivity contribution in [2.75, 3.05) is 39.8 Å². The first kappa shape index (κ1) is 15.2. The fourth-order valence-corrected chi connectivity index (χ4v) is 3.81. The molecule has 0 bridgehead atoms. The van der Waals surface area contributed by atoms with Gasteiger partial charge < -0.3 is 14.5 Å². The summed E-state index contributed by atoms with van der Waals surface area (Å²) >= 11 is 0. The Morgan fingerprint density at radius 2 is 2.22 bits per heavy atom. The number of nitrogens with zero attached hydrogens (tertiary/aromatic N) is 2. The lowest BCUT2D eigenvalue weighted by Crippen LogP contribution is -2.72. The van der Waals surface area contributed by atoms with Crippen molar-refractivity contribution < 1.29 is 13.9 Å². The Labute approximate surface area is 136 Å². The number of morpholine rings is 1. The summed E-state index contributed by atoms with van der Waals surface area (Å²) in [7, 11) is 1.70. The van der Waals surface area contributed by atoms with E-state index in [9.17, 15) is 4.79 Å². The van der Waals surface area contributed by atoms with Gasteiger partial charge in [-0.05, 0) is 30.9 Å². The Balaban J connectivity index is 1.36. The van der Waals surface area contributed by atoms with Crippen LogP contribution in [0, 0.1) is 5.92 Å². The van der Waals surface area contributed by atoms with Crippen molar-refractivity contribution in [2.24, 2.45) is 5.92 Å². The zero-order valence-corrected chi connectivity index (χ0v) is 13.7. The smallest absolute Gasteiger partial charge is 0.239 e. The number of amides is 1. The molecule has 6 heteroatoms. The standard InChI is InChI=1S/C17H25N3O3/c1-18-16(21)15-9-23-17(12-20(15)7-13-4-5-13)10-19(11-17)8-14-3-2-6-22-14/h2-3,6,13,15H,4-5,7-12H2,1H3,(H,18,21)/t15-/m1/s1. The van der Waals surface area contributed by atoms with E-state index in [-0.39, 0.29) is 17.6 Å². The third-order valence-electron chi connectivity index (χ3n) is 5.20. The highest BCUT2D eigenvalue weighted by molar-refractivity contribution is 5.81.